The summed E-state index contributed by atoms with van der Waals surface area (Å²) >= 11 is 0. The predicted molar refractivity (Wildman–Crippen MR) is 93.1 cm³/mol. The third kappa shape index (κ3) is 2.45. The van der Waals surface area contributed by atoms with Crippen LogP contribution in [0, 0.1) is 0 Å². The zero-order valence-corrected chi connectivity index (χ0v) is 14.2. The van der Waals surface area contributed by atoms with Crippen molar-refractivity contribution in [3.63, 3.8) is 0 Å². The maximum absolute atomic E-state index is 12.6. The summed E-state index contributed by atoms with van der Waals surface area (Å²) in [7, 11) is 0. The lowest BCUT2D eigenvalue weighted by Gasteiger charge is -2.27. The second-order valence-corrected chi connectivity index (χ2v) is 6.71. The van der Waals surface area contributed by atoms with Crippen molar-refractivity contribution < 1.29 is 29.6 Å². The van der Waals surface area contributed by atoms with E-state index in [1.165, 1.54) is 12.1 Å². The average molecular weight is 354 g/mol. The van der Waals surface area contributed by atoms with Gasteiger partial charge in [0.15, 0.2) is 17.3 Å². The molecule has 6 heteroatoms. The van der Waals surface area contributed by atoms with Gasteiger partial charge < -0.3 is 24.8 Å². The first-order valence-electron chi connectivity index (χ1n) is 8.27. The lowest BCUT2D eigenvalue weighted by atomic mass is 9.92. The smallest absolute Gasteiger partial charge is 0.174 e. The Labute approximate surface area is 149 Å². The van der Waals surface area contributed by atoms with Crippen LogP contribution in [0.2, 0.25) is 0 Å². The Hall–Kier alpha value is -3.15. The lowest BCUT2D eigenvalue weighted by Crippen LogP contribution is -2.20. The van der Waals surface area contributed by atoms with Crippen molar-refractivity contribution in [1.29, 1.82) is 0 Å². The molecular formula is C20H18O6. The van der Waals surface area contributed by atoms with Crippen LogP contribution < -0.4 is 9.47 Å². The van der Waals surface area contributed by atoms with Crippen molar-refractivity contribution in [3.8, 4) is 28.7 Å². The van der Waals surface area contributed by atoms with Crippen molar-refractivity contribution in [2.24, 2.45) is 0 Å². The summed E-state index contributed by atoms with van der Waals surface area (Å²) in [5.41, 5.74) is 2.15. The van der Waals surface area contributed by atoms with E-state index in [9.17, 15) is 20.1 Å². The molecule has 0 amide bonds. The number of hydrogen-bond acceptors (Lipinski definition) is 6. The SMILES string of the molecule is C=C(C)C1Cc2c(cc3c(c2O)C(=O)CC(c2ccc(O)c(O)c2)O3)O1. The molecule has 0 radical (unpaired) electrons. The quantitative estimate of drug-likeness (QED) is 0.565. The molecule has 2 aromatic carbocycles. The van der Waals surface area contributed by atoms with Gasteiger partial charge in [-0.05, 0) is 30.2 Å². The number of ketones is 1. The van der Waals surface area contributed by atoms with Crippen molar-refractivity contribution in [2.75, 3.05) is 0 Å². The number of benzene rings is 2. The highest BCUT2D eigenvalue weighted by molar-refractivity contribution is 6.03. The van der Waals surface area contributed by atoms with Crippen LogP contribution >= 0.6 is 0 Å². The molecule has 4 rings (SSSR count). The van der Waals surface area contributed by atoms with Crippen LogP contribution in [0.1, 0.15) is 40.9 Å². The van der Waals surface area contributed by atoms with Crippen molar-refractivity contribution in [3.05, 3.63) is 53.1 Å². The van der Waals surface area contributed by atoms with Crippen molar-refractivity contribution in [1.82, 2.24) is 0 Å². The van der Waals surface area contributed by atoms with Gasteiger partial charge in [0.1, 0.15) is 35.0 Å². The zero-order chi connectivity index (χ0) is 18.6. The van der Waals surface area contributed by atoms with Gasteiger partial charge >= 0.3 is 0 Å². The Kier molecular flexibility index (Phi) is 3.57. The molecule has 2 unspecified atom stereocenters. The summed E-state index contributed by atoms with van der Waals surface area (Å²) in [6, 6.07) is 5.91. The van der Waals surface area contributed by atoms with Gasteiger partial charge in [0, 0.05) is 18.1 Å². The largest absolute Gasteiger partial charge is 0.507 e. The molecule has 0 saturated carbocycles. The number of carbonyl (C=O) groups is 1. The van der Waals surface area contributed by atoms with E-state index in [1.54, 1.807) is 12.1 Å². The molecule has 0 aromatic heterocycles. The zero-order valence-electron chi connectivity index (χ0n) is 14.2. The van der Waals surface area contributed by atoms with Crippen LogP contribution in [0.25, 0.3) is 0 Å². The Morgan fingerprint density at radius 1 is 1.08 bits per heavy atom. The number of ether oxygens (including phenoxy) is 2. The van der Waals surface area contributed by atoms with E-state index >= 15 is 0 Å². The van der Waals surface area contributed by atoms with Crippen LogP contribution in [-0.2, 0) is 6.42 Å². The number of hydrogen-bond donors (Lipinski definition) is 3. The van der Waals surface area contributed by atoms with Gasteiger partial charge in [-0.1, -0.05) is 12.6 Å². The molecule has 2 heterocycles. The molecule has 134 valence electrons. The van der Waals surface area contributed by atoms with Crippen LogP contribution in [0.15, 0.2) is 36.4 Å². The van der Waals surface area contributed by atoms with E-state index in [-0.39, 0.29) is 46.9 Å². The van der Waals surface area contributed by atoms with E-state index in [1.807, 2.05) is 6.92 Å². The fourth-order valence-corrected chi connectivity index (χ4v) is 3.37. The van der Waals surface area contributed by atoms with Crippen molar-refractivity contribution in [2.45, 2.75) is 32.0 Å². The number of fused-ring (bicyclic) bond motifs is 2. The Balaban J connectivity index is 1.73. The summed E-state index contributed by atoms with van der Waals surface area (Å²) in [5.74, 6) is -0.144. The molecule has 26 heavy (non-hydrogen) atoms. The molecular weight excluding hydrogens is 336 g/mol. The Morgan fingerprint density at radius 2 is 1.85 bits per heavy atom. The van der Waals surface area contributed by atoms with Gasteiger partial charge in [0.2, 0.25) is 0 Å². The molecule has 2 aliphatic rings. The first-order valence-corrected chi connectivity index (χ1v) is 8.27. The highest BCUT2D eigenvalue weighted by Gasteiger charge is 2.36. The standard InChI is InChI=1S/C20H18O6/c1-9(2)15-6-11-17(25-15)8-18-19(20(11)24)14(23)7-16(26-18)10-3-4-12(21)13(22)5-10/h3-5,8,15-16,21-22,24H,1,6-7H2,2H3. The number of aromatic hydroxyl groups is 3. The van der Waals surface area contributed by atoms with Crippen molar-refractivity contribution >= 4 is 5.78 Å². The molecule has 2 atom stereocenters. The molecule has 3 N–H and O–H groups in total. The minimum Gasteiger partial charge on any atom is -0.507 e. The second-order valence-electron chi connectivity index (χ2n) is 6.71. The van der Waals surface area contributed by atoms with Gasteiger partial charge in [-0.15, -0.1) is 0 Å². The van der Waals surface area contributed by atoms with Crippen LogP contribution in [0.4, 0.5) is 0 Å². The van der Waals surface area contributed by atoms with Gasteiger partial charge in [-0.25, -0.2) is 0 Å². The third-order valence-electron chi connectivity index (χ3n) is 4.83. The molecule has 0 spiro atoms. The minimum atomic E-state index is -0.628. The summed E-state index contributed by atoms with van der Waals surface area (Å²) in [6.07, 6.45) is -0.377. The number of Topliss-reactive ketones (excluding diaryl/α,β-unsaturated/α-hetero) is 1. The van der Waals surface area contributed by atoms with E-state index in [0.717, 1.165) is 5.57 Å². The van der Waals surface area contributed by atoms with E-state index < -0.39 is 6.10 Å². The van der Waals surface area contributed by atoms with Gasteiger partial charge in [0.25, 0.3) is 0 Å². The van der Waals surface area contributed by atoms with E-state index in [2.05, 4.69) is 6.58 Å². The fraction of sp³-hybridized carbons (Fsp3) is 0.250. The molecule has 0 aliphatic carbocycles. The average Bonchev–Trinajstić information content (AvgIpc) is 3.01. The maximum Gasteiger partial charge on any atom is 0.174 e. The van der Waals surface area contributed by atoms with Crippen LogP contribution in [0.5, 0.6) is 28.7 Å². The Bertz CT molecular complexity index is 946. The highest BCUT2D eigenvalue weighted by atomic mass is 16.5. The maximum atomic E-state index is 12.6. The second kappa shape index (κ2) is 5.69. The first-order chi connectivity index (χ1) is 12.3. The summed E-state index contributed by atoms with van der Waals surface area (Å²) < 4.78 is 11.7. The Morgan fingerprint density at radius 3 is 2.54 bits per heavy atom. The number of carbonyl (C=O) groups excluding carboxylic acids is 1. The number of phenols is 3. The summed E-state index contributed by atoms with van der Waals surface area (Å²) in [6.45, 7) is 5.73. The molecule has 6 nitrogen and oxygen atoms in total. The van der Waals surface area contributed by atoms with Gasteiger partial charge in [-0.3, -0.25) is 4.79 Å². The summed E-state index contributed by atoms with van der Waals surface area (Å²) in [5, 5.41) is 29.7. The number of phenolic OH excluding ortho intramolecular Hbond substituents is 3. The van der Waals surface area contributed by atoms with E-state index in [4.69, 9.17) is 9.47 Å². The van der Waals surface area contributed by atoms with Gasteiger partial charge in [0.05, 0.1) is 6.42 Å². The fourth-order valence-electron chi connectivity index (χ4n) is 3.37. The van der Waals surface area contributed by atoms with E-state index in [0.29, 0.717) is 23.3 Å². The van der Waals surface area contributed by atoms with Crippen LogP contribution in [-0.4, -0.2) is 27.2 Å². The predicted octanol–water partition coefficient (Wildman–Crippen LogP) is 3.39. The molecule has 2 aliphatic heterocycles. The monoisotopic (exact) mass is 354 g/mol. The molecule has 0 fully saturated rings. The summed E-state index contributed by atoms with van der Waals surface area (Å²) in [4.78, 5) is 12.6. The lowest BCUT2D eigenvalue weighted by molar-refractivity contribution is 0.0844. The normalized spacial score (nSPS) is 20.7. The van der Waals surface area contributed by atoms with Crippen LogP contribution in [0.3, 0.4) is 0 Å². The first kappa shape index (κ1) is 16.3. The molecule has 2 aromatic rings. The minimum absolute atomic E-state index is 0.0222. The highest BCUT2D eigenvalue weighted by Crippen LogP contribution is 2.48. The topological polar surface area (TPSA) is 96.2 Å². The molecule has 0 bridgehead atoms. The third-order valence-corrected chi connectivity index (χ3v) is 4.83. The van der Waals surface area contributed by atoms with Gasteiger partial charge in [-0.2, -0.15) is 0 Å². The molecule has 0 saturated heterocycles. The number of rotatable bonds is 2.